The lowest BCUT2D eigenvalue weighted by molar-refractivity contribution is -0.120. The summed E-state index contributed by atoms with van der Waals surface area (Å²) < 4.78 is 18.2. The van der Waals surface area contributed by atoms with Crippen molar-refractivity contribution in [2.75, 3.05) is 25.2 Å². The van der Waals surface area contributed by atoms with Crippen LogP contribution in [-0.4, -0.2) is 38.2 Å². The molecule has 2 aromatic carbocycles. The maximum atomic E-state index is 13.2. The maximum Gasteiger partial charge on any atom is 0.322 e. The van der Waals surface area contributed by atoms with Crippen LogP contribution >= 0.6 is 0 Å². The van der Waals surface area contributed by atoms with Crippen molar-refractivity contribution in [3.05, 3.63) is 65.5 Å². The molecule has 0 saturated heterocycles. The van der Waals surface area contributed by atoms with Crippen LogP contribution in [0.5, 0.6) is 0 Å². The summed E-state index contributed by atoms with van der Waals surface area (Å²) in [5.41, 5.74) is 2.25. The number of benzene rings is 2. The van der Waals surface area contributed by atoms with Gasteiger partial charge in [-0.1, -0.05) is 24.3 Å². The molecule has 0 bridgehead atoms. The van der Waals surface area contributed by atoms with Gasteiger partial charge in [0.25, 0.3) is 0 Å². The van der Waals surface area contributed by atoms with Crippen molar-refractivity contribution in [1.82, 2.24) is 10.6 Å². The molecule has 6 nitrogen and oxygen atoms in total. The molecule has 0 aromatic heterocycles. The van der Waals surface area contributed by atoms with Gasteiger partial charge in [-0.3, -0.25) is 9.69 Å². The molecule has 0 saturated carbocycles. The molecule has 0 fully saturated rings. The first-order valence-electron chi connectivity index (χ1n) is 9.56. The Morgan fingerprint density at radius 3 is 2.48 bits per heavy atom. The van der Waals surface area contributed by atoms with E-state index in [1.165, 1.54) is 12.1 Å². The van der Waals surface area contributed by atoms with Crippen molar-refractivity contribution < 1.29 is 18.7 Å². The van der Waals surface area contributed by atoms with Gasteiger partial charge in [0.05, 0.1) is 19.6 Å². The van der Waals surface area contributed by atoms with Crippen LogP contribution in [0.1, 0.15) is 25.0 Å². The van der Waals surface area contributed by atoms with Crippen LogP contribution in [0.2, 0.25) is 0 Å². The molecule has 0 aliphatic rings. The minimum atomic E-state index is -0.326. The second-order valence-corrected chi connectivity index (χ2v) is 7.01. The summed E-state index contributed by atoms with van der Waals surface area (Å²) in [7, 11) is 1.58. The fourth-order valence-corrected chi connectivity index (χ4v) is 2.75. The fraction of sp³-hybridized carbons (Fsp3) is 0.364. The lowest BCUT2D eigenvalue weighted by Crippen LogP contribution is -2.42. The minimum absolute atomic E-state index is 0.0343. The van der Waals surface area contributed by atoms with Crippen LogP contribution in [0.25, 0.3) is 0 Å². The zero-order valence-corrected chi connectivity index (χ0v) is 17.1. The lowest BCUT2D eigenvalue weighted by Gasteiger charge is -2.25. The van der Waals surface area contributed by atoms with E-state index in [1.54, 1.807) is 24.1 Å². The molecule has 0 radical (unpaired) electrons. The number of nitrogens with one attached hydrogen (secondary N) is 2. The van der Waals surface area contributed by atoms with E-state index in [0.717, 1.165) is 11.1 Å². The summed E-state index contributed by atoms with van der Waals surface area (Å²) in [6, 6.07) is 13.0. The van der Waals surface area contributed by atoms with Crippen molar-refractivity contribution in [3.63, 3.8) is 0 Å². The fourth-order valence-electron chi connectivity index (χ4n) is 2.75. The van der Waals surface area contributed by atoms with Crippen molar-refractivity contribution >= 4 is 17.6 Å². The molecule has 0 spiro atoms. The summed E-state index contributed by atoms with van der Waals surface area (Å²) in [4.78, 5) is 26.4. The summed E-state index contributed by atoms with van der Waals surface area (Å²) in [6.45, 7) is 4.95. The molecule has 2 aromatic rings. The number of carbonyl (C=O) groups is 2. The predicted octanol–water partition coefficient (Wildman–Crippen LogP) is 3.26. The van der Waals surface area contributed by atoms with Gasteiger partial charge < -0.3 is 15.4 Å². The molecule has 29 heavy (non-hydrogen) atoms. The smallest absolute Gasteiger partial charge is 0.322 e. The molecule has 0 aliphatic carbocycles. The minimum Gasteiger partial charge on any atom is -0.383 e. The molecule has 156 valence electrons. The van der Waals surface area contributed by atoms with E-state index in [1.807, 2.05) is 38.1 Å². The van der Waals surface area contributed by atoms with Crippen LogP contribution < -0.4 is 15.5 Å². The molecule has 0 atom stereocenters. The zero-order chi connectivity index (χ0) is 21.2. The molecule has 3 amide bonds. The Bertz CT molecular complexity index is 809. The topological polar surface area (TPSA) is 70.7 Å². The number of carbonyl (C=O) groups excluding carboxylic acids is 2. The number of hydrogen-bond donors (Lipinski definition) is 2. The molecule has 0 heterocycles. The van der Waals surface area contributed by atoms with Gasteiger partial charge in [-0.25, -0.2) is 9.18 Å². The van der Waals surface area contributed by atoms with Crippen LogP contribution in [0.3, 0.4) is 0 Å². The Morgan fingerprint density at radius 1 is 1.10 bits per heavy atom. The molecule has 2 rings (SSSR count). The van der Waals surface area contributed by atoms with E-state index in [9.17, 15) is 14.0 Å². The van der Waals surface area contributed by atoms with Crippen LogP contribution in [0, 0.1) is 5.82 Å². The molecule has 2 N–H and O–H groups in total. The van der Waals surface area contributed by atoms with E-state index in [0.29, 0.717) is 18.8 Å². The van der Waals surface area contributed by atoms with Gasteiger partial charge in [0.2, 0.25) is 5.91 Å². The molecule has 0 aliphatic heterocycles. The molecular weight excluding hydrogens is 373 g/mol. The van der Waals surface area contributed by atoms with Crippen molar-refractivity contribution in [2.45, 2.75) is 32.9 Å². The SMILES string of the molecule is COCCNC(=O)Cc1cccc(N(Cc2ccc(F)cc2)C(=O)NC(C)C)c1. The normalized spacial score (nSPS) is 10.7. The Kier molecular flexibility index (Phi) is 8.61. The van der Waals surface area contributed by atoms with Crippen molar-refractivity contribution in [3.8, 4) is 0 Å². The van der Waals surface area contributed by atoms with Gasteiger partial charge >= 0.3 is 6.03 Å². The quantitative estimate of drug-likeness (QED) is 0.634. The standard InChI is InChI=1S/C22H28FN3O3/c1-16(2)25-22(28)26(15-17-7-9-19(23)10-8-17)20-6-4-5-18(13-20)14-21(27)24-11-12-29-3/h4-10,13,16H,11-12,14-15H2,1-3H3,(H,24,27)(H,25,28). The zero-order valence-electron chi connectivity index (χ0n) is 17.1. The van der Waals surface area contributed by atoms with E-state index < -0.39 is 0 Å². The van der Waals surface area contributed by atoms with E-state index in [2.05, 4.69) is 10.6 Å². The van der Waals surface area contributed by atoms with Gasteiger partial charge in [-0.2, -0.15) is 0 Å². The highest BCUT2D eigenvalue weighted by atomic mass is 19.1. The van der Waals surface area contributed by atoms with Crippen molar-refractivity contribution in [2.24, 2.45) is 0 Å². The summed E-state index contributed by atoms with van der Waals surface area (Å²) >= 11 is 0. The largest absolute Gasteiger partial charge is 0.383 e. The van der Waals surface area contributed by atoms with Crippen LogP contribution in [0.15, 0.2) is 48.5 Å². The third-order valence-corrected chi connectivity index (χ3v) is 4.13. The second kappa shape index (κ2) is 11.2. The molecule has 0 unspecified atom stereocenters. The van der Waals surface area contributed by atoms with Gasteiger partial charge in [0.15, 0.2) is 0 Å². The first-order chi connectivity index (χ1) is 13.9. The monoisotopic (exact) mass is 401 g/mol. The number of nitrogens with zero attached hydrogens (tertiary/aromatic N) is 1. The highest BCUT2D eigenvalue weighted by molar-refractivity contribution is 5.92. The first-order valence-corrected chi connectivity index (χ1v) is 9.56. The van der Waals surface area contributed by atoms with Crippen molar-refractivity contribution in [1.29, 1.82) is 0 Å². The Hall–Kier alpha value is -2.93. The van der Waals surface area contributed by atoms with Gasteiger partial charge in [0, 0.05) is 25.4 Å². The number of ether oxygens (including phenoxy) is 1. The summed E-state index contributed by atoms with van der Waals surface area (Å²) in [5, 5.41) is 5.67. The number of hydrogen-bond acceptors (Lipinski definition) is 3. The first kappa shape index (κ1) is 22.4. The Morgan fingerprint density at radius 2 is 1.83 bits per heavy atom. The predicted molar refractivity (Wildman–Crippen MR) is 111 cm³/mol. The Balaban J connectivity index is 2.19. The van der Waals surface area contributed by atoms with E-state index >= 15 is 0 Å². The summed E-state index contributed by atoms with van der Waals surface area (Å²) in [5.74, 6) is -0.440. The third kappa shape index (κ3) is 7.54. The summed E-state index contributed by atoms with van der Waals surface area (Å²) in [6.07, 6.45) is 0.202. The number of amides is 3. The number of rotatable bonds is 9. The van der Waals surface area contributed by atoms with Crippen LogP contribution in [0.4, 0.5) is 14.9 Å². The van der Waals surface area contributed by atoms with Gasteiger partial charge in [-0.15, -0.1) is 0 Å². The Labute approximate surface area is 171 Å². The average Bonchev–Trinajstić information content (AvgIpc) is 2.67. The third-order valence-electron chi connectivity index (χ3n) is 4.13. The number of anilines is 1. The van der Waals surface area contributed by atoms with Crippen LogP contribution in [-0.2, 0) is 22.5 Å². The highest BCUT2D eigenvalue weighted by Gasteiger charge is 2.18. The highest BCUT2D eigenvalue weighted by Crippen LogP contribution is 2.20. The molecular formula is C22H28FN3O3. The molecule has 7 heteroatoms. The van der Waals surface area contributed by atoms with Gasteiger partial charge in [0.1, 0.15) is 5.82 Å². The number of urea groups is 1. The number of methoxy groups -OCH3 is 1. The van der Waals surface area contributed by atoms with E-state index in [4.69, 9.17) is 4.74 Å². The maximum absolute atomic E-state index is 13.2. The lowest BCUT2D eigenvalue weighted by atomic mass is 10.1. The average molecular weight is 401 g/mol. The second-order valence-electron chi connectivity index (χ2n) is 7.01. The van der Waals surface area contributed by atoms with Gasteiger partial charge in [-0.05, 0) is 49.2 Å². The van der Waals surface area contributed by atoms with E-state index in [-0.39, 0.29) is 36.8 Å². The number of halogens is 1.